The predicted molar refractivity (Wildman–Crippen MR) is 122 cm³/mol. The van der Waals surface area contributed by atoms with Crippen molar-refractivity contribution in [1.82, 2.24) is 24.9 Å². The van der Waals surface area contributed by atoms with Gasteiger partial charge in [-0.25, -0.2) is 4.98 Å². The van der Waals surface area contributed by atoms with Crippen molar-refractivity contribution in [1.29, 1.82) is 0 Å². The largest absolute Gasteiger partial charge is 0.341 e. The molecule has 1 aliphatic heterocycles. The molecule has 0 saturated carbocycles. The van der Waals surface area contributed by atoms with Crippen LogP contribution in [-0.2, 0) is 11.2 Å². The van der Waals surface area contributed by atoms with Crippen LogP contribution in [0.3, 0.4) is 0 Å². The highest BCUT2D eigenvalue weighted by molar-refractivity contribution is 7.18. The molecular formula is C23H31N5O2S. The smallest absolute Gasteiger partial charge is 0.245 e. The molecule has 4 rings (SSSR count). The molecule has 1 fully saturated rings. The van der Waals surface area contributed by atoms with Crippen molar-refractivity contribution in [3.8, 4) is 0 Å². The molecule has 0 aliphatic carbocycles. The average Bonchev–Trinajstić information content (AvgIpc) is 3.29. The van der Waals surface area contributed by atoms with Crippen molar-refractivity contribution in [3.05, 3.63) is 41.0 Å². The molecule has 1 atom stereocenters. The van der Waals surface area contributed by atoms with Crippen molar-refractivity contribution in [2.24, 2.45) is 5.92 Å². The van der Waals surface area contributed by atoms with E-state index >= 15 is 0 Å². The first kappa shape index (κ1) is 21.9. The molecule has 0 bridgehead atoms. The Kier molecular flexibility index (Phi) is 6.97. The second kappa shape index (κ2) is 9.87. The van der Waals surface area contributed by atoms with Crippen LogP contribution < -0.4 is 0 Å². The van der Waals surface area contributed by atoms with Crippen molar-refractivity contribution >= 4 is 27.5 Å². The van der Waals surface area contributed by atoms with Crippen LogP contribution in [-0.4, -0.2) is 57.0 Å². The zero-order valence-corrected chi connectivity index (χ0v) is 19.4. The molecule has 0 radical (unpaired) electrons. The molecule has 3 heterocycles. The van der Waals surface area contributed by atoms with Gasteiger partial charge < -0.3 is 9.42 Å². The Balaban J connectivity index is 1.38. The highest BCUT2D eigenvalue weighted by Crippen LogP contribution is 2.26. The number of aromatic nitrogens is 3. The Morgan fingerprint density at radius 1 is 1.26 bits per heavy atom. The molecule has 1 aromatic carbocycles. The first-order valence-electron chi connectivity index (χ1n) is 11.2. The number of benzene rings is 1. The normalized spacial score (nSPS) is 18.1. The molecule has 1 unspecified atom stereocenters. The van der Waals surface area contributed by atoms with Gasteiger partial charge in [-0.05, 0) is 44.2 Å². The second-order valence-electron chi connectivity index (χ2n) is 8.71. The van der Waals surface area contributed by atoms with E-state index in [1.807, 2.05) is 30.0 Å². The third-order valence-electron chi connectivity index (χ3n) is 5.61. The molecule has 1 aliphatic rings. The van der Waals surface area contributed by atoms with Gasteiger partial charge in [0.25, 0.3) is 0 Å². The van der Waals surface area contributed by atoms with Gasteiger partial charge in [0.1, 0.15) is 6.04 Å². The fourth-order valence-electron chi connectivity index (χ4n) is 4.21. The topological polar surface area (TPSA) is 75.4 Å². The number of hydrogen-bond acceptors (Lipinski definition) is 7. The van der Waals surface area contributed by atoms with Crippen LogP contribution in [0.4, 0.5) is 0 Å². The zero-order chi connectivity index (χ0) is 21.8. The van der Waals surface area contributed by atoms with Crippen LogP contribution >= 0.6 is 11.3 Å². The van der Waals surface area contributed by atoms with Gasteiger partial charge in [0.05, 0.1) is 15.2 Å². The van der Waals surface area contributed by atoms with Gasteiger partial charge in [-0.2, -0.15) is 4.98 Å². The summed E-state index contributed by atoms with van der Waals surface area (Å²) in [6.07, 6.45) is 3.15. The number of thiazole rings is 1. The highest BCUT2D eigenvalue weighted by atomic mass is 32.1. The van der Waals surface area contributed by atoms with E-state index < -0.39 is 0 Å². The Labute approximate surface area is 187 Å². The summed E-state index contributed by atoms with van der Waals surface area (Å²) in [5, 5.41) is 5.09. The van der Waals surface area contributed by atoms with E-state index in [0.29, 0.717) is 30.6 Å². The van der Waals surface area contributed by atoms with Crippen LogP contribution in [0.1, 0.15) is 55.9 Å². The van der Waals surface area contributed by atoms with Gasteiger partial charge in [-0.3, -0.25) is 9.69 Å². The number of rotatable bonds is 7. The van der Waals surface area contributed by atoms with E-state index in [4.69, 9.17) is 4.52 Å². The number of carbonyl (C=O) groups excluding carboxylic acids is 1. The lowest BCUT2D eigenvalue weighted by molar-refractivity contribution is -0.131. The maximum Gasteiger partial charge on any atom is 0.245 e. The lowest BCUT2D eigenvalue weighted by atomic mass is 10.1. The van der Waals surface area contributed by atoms with E-state index in [-0.39, 0.29) is 11.9 Å². The number of aryl methyl sites for hydroxylation is 2. The minimum Gasteiger partial charge on any atom is -0.341 e. The Morgan fingerprint density at radius 3 is 2.84 bits per heavy atom. The zero-order valence-electron chi connectivity index (χ0n) is 18.6. The summed E-state index contributed by atoms with van der Waals surface area (Å²) >= 11 is 1.72. The standard InChI is InChI=1S/C23H31N5O2S/c1-16(2)14-27-12-7-13-28(15-19(27)23-24-17(3)26-30-23)22(29)11-6-10-21-25-18-8-4-5-9-20(18)31-21/h4-5,8-9,16,19H,6-7,10-15H2,1-3H3. The third-order valence-corrected chi connectivity index (χ3v) is 6.70. The van der Waals surface area contributed by atoms with Gasteiger partial charge in [-0.15, -0.1) is 11.3 Å². The summed E-state index contributed by atoms with van der Waals surface area (Å²) in [5.41, 5.74) is 1.05. The molecule has 1 saturated heterocycles. The highest BCUT2D eigenvalue weighted by Gasteiger charge is 2.32. The molecule has 7 nitrogen and oxygen atoms in total. The molecule has 3 aromatic rings. The number of fused-ring (bicyclic) bond motifs is 1. The number of amides is 1. The van der Waals surface area contributed by atoms with Crippen molar-refractivity contribution in [2.45, 2.75) is 52.5 Å². The number of hydrogen-bond donors (Lipinski definition) is 0. The Bertz CT molecular complexity index is 981. The van der Waals surface area contributed by atoms with Crippen LogP contribution in [0.15, 0.2) is 28.8 Å². The first-order valence-corrected chi connectivity index (χ1v) is 12.0. The maximum atomic E-state index is 13.0. The van der Waals surface area contributed by atoms with Crippen molar-refractivity contribution in [3.63, 3.8) is 0 Å². The molecule has 0 spiro atoms. The van der Waals surface area contributed by atoms with Crippen LogP contribution in [0.2, 0.25) is 0 Å². The molecule has 1 amide bonds. The summed E-state index contributed by atoms with van der Waals surface area (Å²) < 4.78 is 6.73. The van der Waals surface area contributed by atoms with Crippen LogP contribution in [0.5, 0.6) is 0 Å². The molecule has 8 heteroatoms. The quantitative estimate of drug-likeness (QED) is 0.546. The van der Waals surface area contributed by atoms with Gasteiger partial charge in [0.15, 0.2) is 5.82 Å². The summed E-state index contributed by atoms with van der Waals surface area (Å²) in [7, 11) is 0. The molecule has 31 heavy (non-hydrogen) atoms. The number of para-hydroxylation sites is 1. The van der Waals surface area contributed by atoms with E-state index in [2.05, 4.69) is 39.9 Å². The maximum absolute atomic E-state index is 13.0. The monoisotopic (exact) mass is 441 g/mol. The summed E-state index contributed by atoms with van der Waals surface area (Å²) in [6, 6.07) is 8.15. The Hall–Kier alpha value is -2.32. The molecule has 0 N–H and O–H groups in total. The SMILES string of the molecule is Cc1noc(C2CN(C(=O)CCCc3nc4ccccc4s3)CCCN2CC(C)C)n1. The van der Waals surface area contributed by atoms with Gasteiger partial charge in [0.2, 0.25) is 11.8 Å². The van der Waals surface area contributed by atoms with Crippen LogP contribution in [0.25, 0.3) is 10.2 Å². The van der Waals surface area contributed by atoms with Gasteiger partial charge >= 0.3 is 0 Å². The lowest BCUT2D eigenvalue weighted by Crippen LogP contribution is -2.39. The summed E-state index contributed by atoms with van der Waals surface area (Å²) in [4.78, 5) is 26.6. The van der Waals surface area contributed by atoms with Gasteiger partial charge in [-0.1, -0.05) is 31.1 Å². The van der Waals surface area contributed by atoms with E-state index in [0.717, 1.165) is 49.4 Å². The summed E-state index contributed by atoms with van der Waals surface area (Å²) in [6.45, 7) is 9.53. The lowest BCUT2D eigenvalue weighted by Gasteiger charge is -2.30. The minimum atomic E-state index is -0.0423. The van der Waals surface area contributed by atoms with Crippen LogP contribution in [0, 0.1) is 12.8 Å². The molecule has 2 aromatic heterocycles. The fourth-order valence-corrected chi connectivity index (χ4v) is 5.22. The second-order valence-corrected chi connectivity index (χ2v) is 9.82. The third kappa shape index (κ3) is 5.49. The van der Waals surface area contributed by atoms with Crippen molar-refractivity contribution < 1.29 is 9.32 Å². The average molecular weight is 442 g/mol. The van der Waals surface area contributed by atoms with Crippen molar-refractivity contribution in [2.75, 3.05) is 26.2 Å². The van der Waals surface area contributed by atoms with E-state index in [1.54, 1.807) is 11.3 Å². The first-order chi connectivity index (χ1) is 15.0. The van der Waals surface area contributed by atoms with E-state index in [1.165, 1.54) is 4.70 Å². The summed E-state index contributed by atoms with van der Waals surface area (Å²) in [5.74, 6) is 1.99. The molecular weight excluding hydrogens is 410 g/mol. The number of nitrogens with zero attached hydrogens (tertiary/aromatic N) is 5. The Morgan fingerprint density at radius 2 is 2.10 bits per heavy atom. The van der Waals surface area contributed by atoms with Gasteiger partial charge in [0, 0.05) is 32.6 Å². The predicted octanol–water partition coefficient (Wildman–Crippen LogP) is 4.24. The number of carbonyl (C=O) groups is 1. The fraction of sp³-hybridized carbons (Fsp3) is 0.565. The van der Waals surface area contributed by atoms with E-state index in [9.17, 15) is 4.79 Å². The molecule has 166 valence electrons. The minimum absolute atomic E-state index is 0.0423.